The van der Waals surface area contributed by atoms with Crippen LogP contribution in [0.25, 0.3) is 0 Å². The molecule has 2 rings (SSSR count). The number of carbonyl (C=O) groups excluding carboxylic acids is 1. The second-order valence-corrected chi connectivity index (χ2v) is 5.03. The van der Waals surface area contributed by atoms with Crippen LogP contribution in [0.4, 0.5) is 18.0 Å². The number of carbonyl (C=O) groups is 2. The van der Waals surface area contributed by atoms with E-state index in [1.165, 1.54) is 0 Å². The first-order valence-electron chi connectivity index (χ1n) is 6.20. The number of ether oxygens (including phenoxy) is 1. The van der Waals surface area contributed by atoms with Gasteiger partial charge in [0.15, 0.2) is 0 Å². The third-order valence-electron chi connectivity index (χ3n) is 3.54. The van der Waals surface area contributed by atoms with Gasteiger partial charge in [-0.3, -0.25) is 4.79 Å². The highest BCUT2D eigenvalue weighted by Gasteiger charge is 2.64. The predicted molar refractivity (Wildman–Crippen MR) is 60.1 cm³/mol. The van der Waals surface area contributed by atoms with Gasteiger partial charge in [0.1, 0.15) is 5.54 Å². The molecule has 6 nitrogen and oxygen atoms in total. The molecule has 2 amide bonds. The van der Waals surface area contributed by atoms with Gasteiger partial charge in [-0.15, -0.1) is 0 Å². The molecule has 1 unspecified atom stereocenters. The highest BCUT2D eigenvalue weighted by atomic mass is 19.4. The van der Waals surface area contributed by atoms with Gasteiger partial charge in [0.2, 0.25) is 0 Å². The van der Waals surface area contributed by atoms with E-state index in [0.717, 1.165) is 4.90 Å². The average molecular weight is 296 g/mol. The second kappa shape index (κ2) is 5.12. The summed E-state index contributed by atoms with van der Waals surface area (Å²) >= 11 is 0. The molecule has 1 heterocycles. The third kappa shape index (κ3) is 2.97. The van der Waals surface area contributed by atoms with E-state index in [1.807, 2.05) is 5.32 Å². The maximum atomic E-state index is 12.8. The summed E-state index contributed by atoms with van der Waals surface area (Å²) in [5.41, 5.74) is -2.14. The van der Waals surface area contributed by atoms with E-state index >= 15 is 0 Å². The fraction of sp³-hybridized carbons (Fsp3) is 0.818. The van der Waals surface area contributed by atoms with E-state index in [2.05, 4.69) is 0 Å². The first kappa shape index (κ1) is 14.9. The molecule has 0 radical (unpaired) electrons. The number of nitrogens with zero attached hydrogens (tertiary/aromatic N) is 1. The molecule has 0 aromatic heterocycles. The molecule has 1 aliphatic heterocycles. The standard InChI is InChI=1S/C11H15F3N2O4/c12-11(13,14)10(1-2-10)15-9(19)16-3-4-20-6-7(16)5-8(17)18/h7H,1-6H2,(H,15,19)(H,17,18). The fourth-order valence-electron chi connectivity index (χ4n) is 2.17. The fourth-order valence-corrected chi connectivity index (χ4v) is 2.17. The summed E-state index contributed by atoms with van der Waals surface area (Å²) in [6.07, 6.45) is -5.13. The highest BCUT2D eigenvalue weighted by molar-refractivity contribution is 5.77. The van der Waals surface area contributed by atoms with E-state index in [9.17, 15) is 22.8 Å². The number of morpholine rings is 1. The number of amides is 2. The summed E-state index contributed by atoms with van der Waals surface area (Å²) < 4.78 is 43.4. The summed E-state index contributed by atoms with van der Waals surface area (Å²) in [5.74, 6) is -1.13. The first-order chi connectivity index (χ1) is 9.25. The molecule has 2 aliphatic rings. The summed E-state index contributed by atoms with van der Waals surface area (Å²) in [7, 11) is 0. The van der Waals surface area contributed by atoms with Gasteiger partial charge >= 0.3 is 18.2 Å². The molecule has 0 bridgehead atoms. The number of hydrogen-bond acceptors (Lipinski definition) is 3. The van der Waals surface area contributed by atoms with Gasteiger partial charge in [-0.05, 0) is 12.8 Å². The zero-order chi connectivity index (χ0) is 15.0. The molecule has 9 heteroatoms. The number of carboxylic acid groups (broad SMARTS) is 1. The van der Waals surface area contributed by atoms with Crippen molar-refractivity contribution in [2.45, 2.75) is 37.0 Å². The van der Waals surface area contributed by atoms with Crippen molar-refractivity contribution in [3.63, 3.8) is 0 Å². The Balaban J connectivity index is 2.01. The lowest BCUT2D eigenvalue weighted by Gasteiger charge is -2.36. The second-order valence-electron chi connectivity index (χ2n) is 5.03. The van der Waals surface area contributed by atoms with E-state index in [1.54, 1.807) is 0 Å². The van der Waals surface area contributed by atoms with Gasteiger partial charge in [0.25, 0.3) is 0 Å². The normalized spacial score (nSPS) is 25.1. The molecule has 2 fully saturated rings. The largest absolute Gasteiger partial charge is 0.481 e. The van der Waals surface area contributed by atoms with Crippen LogP contribution in [-0.4, -0.2) is 59.5 Å². The molecular formula is C11H15F3N2O4. The van der Waals surface area contributed by atoms with Crippen molar-refractivity contribution in [2.75, 3.05) is 19.8 Å². The average Bonchev–Trinajstić information content (AvgIpc) is 3.09. The molecule has 2 N–H and O–H groups in total. The molecule has 1 saturated heterocycles. The van der Waals surface area contributed by atoms with Gasteiger partial charge in [-0.1, -0.05) is 0 Å². The predicted octanol–water partition coefficient (Wildman–Crippen LogP) is 0.966. The van der Waals surface area contributed by atoms with Crippen LogP contribution >= 0.6 is 0 Å². The van der Waals surface area contributed by atoms with Crippen LogP contribution in [0.15, 0.2) is 0 Å². The lowest BCUT2D eigenvalue weighted by Crippen LogP contribution is -2.58. The van der Waals surface area contributed by atoms with Crippen molar-refractivity contribution >= 4 is 12.0 Å². The molecule has 1 aliphatic carbocycles. The number of halogens is 3. The van der Waals surface area contributed by atoms with Gasteiger partial charge in [-0.25, -0.2) is 4.79 Å². The van der Waals surface area contributed by atoms with Crippen LogP contribution in [0.5, 0.6) is 0 Å². The van der Waals surface area contributed by atoms with Crippen molar-refractivity contribution in [1.29, 1.82) is 0 Å². The SMILES string of the molecule is O=C(O)CC1COCCN1C(=O)NC1(C(F)(F)F)CC1. The van der Waals surface area contributed by atoms with E-state index in [4.69, 9.17) is 9.84 Å². The van der Waals surface area contributed by atoms with Crippen LogP contribution in [0, 0.1) is 0 Å². The Labute approximate surface area is 112 Å². The molecule has 0 spiro atoms. The molecule has 114 valence electrons. The van der Waals surface area contributed by atoms with E-state index in [0.29, 0.717) is 0 Å². The topological polar surface area (TPSA) is 78.9 Å². The lowest BCUT2D eigenvalue weighted by molar-refractivity contribution is -0.163. The Bertz CT molecular complexity index is 409. The summed E-state index contributed by atoms with van der Waals surface area (Å²) in [5, 5.41) is 10.7. The number of alkyl halides is 3. The molecule has 0 aromatic carbocycles. The molecule has 1 atom stereocenters. The highest BCUT2D eigenvalue weighted by Crippen LogP contribution is 2.49. The van der Waals surface area contributed by atoms with Gasteiger partial charge in [0, 0.05) is 6.54 Å². The number of aliphatic carboxylic acids is 1. The van der Waals surface area contributed by atoms with Crippen molar-refractivity contribution in [1.82, 2.24) is 10.2 Å². The zero-order valence-corrected chi connectivity index (χ0v) is 10.6. The molecule has 20 heavy (non-hydrogen) atoms. The van der Waals surface area contributed by atoms with Crippen molar-refractivity contribution in [3.8, 4) is 0 Å². The Morgan fingerprint density at radius 3 is 2.55 bits per heavy atom. The van der Waals surface area contributed by atoms with Crippen molar-refractivity contribution < 1.29 is 32.6 Å². The van der Waals surface area contributed by atoms with Crippen LogP contribution in [-0.2, 0) is 9.53 Å². The maximum Gasteiger partial charge on any atom is 0.411 e. The van der Waals surface area contributed by atoms with Gasteiger partial charge in [-0.2, -0.15) is 13.2 Å². The number of rotatable bonds is 3. The Morgan fingerprint density at radius 2 is 2.05 bits per heavy atom. The zero-order valence-electron chi connectivity index (χ0n) is 10.6. The third-order valence-corrected chi connectivity index (χ3v) is 3.54. The molecule has 0 aromatic rings. The van der Waals surface area contributed by atoms with E-state index < -0.39 is 29.8 Å². The van der Waals surface area contributed by atoms with Crippen molar-refractivity contribution in [2.24, 2.45) is 0 Å². The van der Waals surface area contributed by atoms with Crippen LogP contribution in [0.2, 0.25) is 0 Å². The number of nitrogens with one attached hydrogen (secondary N) is 1. The molecule has 1 saturated carbocycles. The Hall–Kier alpha value is -1.51. The summed E-state index contributed by atoms with van der Waals surface area (Å²) in [4.78, 5) is 23.8. The summed E-state index contributed by atoms with van der Waals surface area (Å²) in [6.45, 7) is 0.277. The summed E-state index contributed by atoms with van der Waals surface area (Å²) in [6, 6.07) is -1.63. The minimum atomic E-state index is -4.49. The maximum absolute atomic E-state index is 12.8. The number of carboxylic acids is 1. The molecular weight excluding hydrogens is 281 g/mol. The minimum Gasteiger partial charge on any atom is -0.481 e. The minimum absolute atomic E-state index is 0.0126. The smallest absolute Gasteiger partial charge is 0.411 e. The monoisotopic (exact) mass is 296 g/mol. The van der Waals surface area contributed by atoms with Crippen LogP contribution < -0.4 is 5.32 Å². The first-order valence-corrected chi connectivity index (χ1v) is 6.20. The van der Waals surface area contributed by atoms with Gasteiger partial charge < -0.3 is 20.1 Å². The number of hydrogen-bond donors (Lipinski definition) is 2. The Kier molecular flexibility index (Phi) is 3.81. The quantitative estimate of drug-likeness (QED) is 0.813. The Morgan fingerprint density at radius 1 is 1.40 bits per heavy atom. The van der Waals surface area contributed by atoms with Crippen LogP contribution in [0.3, 0.4) is 0 Å². The van der Waals surface area contributed by atoms with E-state index in [-0.39, 0.29) is 39.0 Å². The van der Waals surface area contributed by atoms with Gasteiger partial charge in [0.05, 0.1) is 25.7 Å². The number of urea groups is 1. The van der Waals surface area contributed by atoms with Crippen molar-refractivity contribution in [3.05, 3.63) is 0 Å². The lowest BCUT2D eigenvalue weighted by atomic mass is 10.1. The van der Waals surface area contributed by atoms with Crippen LogP contribution in [0.1, 0.15) is 19.3 Å².